The van der Waals surface area contributed by atoms with Crippen LogP contribution in [0, 0.1) is 10.1 Å². The maximum Gasteiger partial charge on any atom is 0.363 e. The Morgan fingerprint density at radius 3 is 2.94 bits per heavy atom. The lowest BCUT2D eigenvalue weighted by Gasteiger charge is -2.04. The third-order valence-corrected chi connectivity index (χ3v) is 2.39. The van der Waals surface area contributed by atoms with E-state index in [9.17, 15) is 10.1 Å². The number of aromatic nitrogens is 3. The van der Waals surface area contributed by atoms with Crippen LogP contribution in [0.5, 0.6) is 0 Å². The van der Waals surface area contributed by atoms with E-state index >= 15 is 0 Å². The number of nitrogens with zero attached hydrogens (tertiary/aromatic N) is 4. The minimum atomic E-state index is -0.512. The van der Waals surface area contributed by atoms with Gasteiger partial charge in [0.15, 0.2) is 6.20 Å². The van der Waals surface area contributed by atoms with Crippen molar-refractivity contribution in [2.45, 2.75) is 13.0 Å². The Morgan fingerprint density at radius 2 is 2.33 bits per heavy atom. The van der Waals surface area contributed by atoms with Crippen LogP contribution in [0.25, 0.3) is 0 Å². The Labute approximate surface area is 104 Å². The molecule has 94 valence electrons. The molecule has 2 aromatic heterocycles. The molecule has 0 bridgehead atoms. The molecule has 0 fully saturated rings. The summed E-state index contributed by atoms with van der Waals surface area (Å²) >= 11 is 0. The molecule has 7 heteroatoms. The van der Waals surface area contributed by atoms with E-state index in [1.807, 2.05) is 16.9 Å². The van der Waals surface area contributed by atoms with Crippen molar-refractivity contribution in [1.29, 1.82) is 0 Å². The second kappa shape index (κ2) is 5.76. The topological polar surface area (TPSA) is 85.9 Å². The van der Waals surface area contributed by atoms with Crippen molar-refractivity contribution in [3.63, 3.8) is 0 Å². The van der Waals surface area contributed by atoms with E-state index in [0.717, 1.165) is 25.2 Å². The predicted octanol–water partition coefficient (Wildman–Crippen LogP) is 1.69. The van der Waals surface area contributed by atoms with E-state index in [-0.39, 0.29) is 5.82 Å². The van der Waals surface area contributed by atoms with Crippen LogP contribution in [-0.4, -0.2) is 26.2 Å². The molecule has 0 amide bonds. The van der Waals surface area contributed by atoms with Crippen molar-refractivity contribution in [2.75, 3.05) is 11.9 Å². The summed E-state index contributed by atoms with van der Waals surface area (Å²) in [5, 5.41) is 17.7. The molecule has 0 saturated carbocycles. The number of hydrogen-bond acceptors (Lipinski definition) is 5. The zero-order valence-corrected chi connectivity index (χ0v) is 9.69. The molecule has 0 aliphatic heterocycles. The van der Waals surface area contributed by atoms with Gasteiger partial charge in [-0.05, 0) is 28.5 Å². The molecule has 0 radical (unpaired) electrons. The summed E-state index contributed by atoms with van der Waals surface area (Å²) in [6.07, 6.45) is 6.03. The van der Waals surface area contributed by atoms with E-state index in [4.69, 9.17) is 0 Å². The number of rotatable bonds is 6. The molecule has 2 heterocycles. The average molecular weight is 247 g/mol. The maximum absolute atomic E-state index is 10.4. The highest BCUT2D eigenvalue weighted by molar-refractivity contribution is 5.43. The molecule has 0 spiro atoms. The average Bonchev–Trinajstić information content (AvgIpc) is 2.88. The quantitative estimate of drug-likeness (QED) is 0.477. The van der Waals surface area contributed by atoms with Gasteiger partial charge in [-0.2, -0.15) is 5.10 Å². The first-order chi connectivity index (χ1) is 8.75. The molecule has 0 aromatic carbocycles. The molecule has 18 heavy (non-hydrogen) atoms. The van der Waals surface area contributed by atoms with Crippen LogP contribution in [0.4, 0.5) is 11.5 Å². The van der Waals surface area contributed by atoms with E-state index < -0.39 is 4.92 Å². The Hall–Kier alpha value is -2.44. The molecular formula is C11H13N5O2. The van der Waals surface area contributed by atoms with Gasteiger partial charge in [-0.25, -0.2) is 0 Å². The first-order valence-electron chi connectivity index (χ1n) is 5.57. The van der Waals surface area contributed by atoms with Crippen LogP contribution in [-0.2, 0) is 6.54 Å². The van der Waals surface area contributed by atoms with Crippen LogP contribution in [0.3, 0.4) is 0 Å². The summed E-state index contributed by atoms with van der Waals surface area (Å²) in [6.45, 7) is 1.60. The van der Waals surface area contributed by atoms with Gasteiger partial charge >= 0.3 is 5.82 Å². The standard InChI is InChI=1S/C11H13N5O2/c17-16(18)11-4-3-10(9-13-11)12-5-1-7-15-8-2-6-14-15/h2-4,6,8-9,12H,1,5,7H2. The fourth-order valence-corrected chi connectivity index (χ4v) is 1.51. The molecule has 0 unspecified atom stereocenters. The van der Waals surface area contributed by atoms with Crippen molar-refractivity contribution in [2.24, 2.45) is 0 Å². The van der Waals surface area contributed by atoms with Crippen LogP contribution in [0.2, 0.25) is 0 Å². The second-order valence-electron chi connectivity index (χ2n) is 3.71. The van der Waals surface area contributed by atoms with Crippen LogP contribution >= 0.6 is 0 Å². The Balaban J connectivity index is 1.75. The van der Waals surface area contributed by atoms with Gasteiger partial charge in [0.05, 0.1) is 5.69 Å². The monoisotopic (exact) mass is 247 g/mol. The lowest BCUT2D eigenvalue weighted by Crippen LogP contribution is -2.07. The molecule has 7 nitrogen and oxygen atoms in total. The zero-order valence-electron chi connectivity index (χ0n) is 9.69. The van der Waals surface area contributed by atoms with Gasteiger partial charge in [0.1, 0.15) is 0 Å². The van der Waals surface area contributed by atoms with E-state index in [1.165, 1.54) is 12.3 Å². The van der Waals surface area contributed by atoms with Gasteiger partial charge in [0.2, 0.25) is 0 Å². The van der Waals surface area contributed by atoms with Gasteiger partial charge in [-0.15, -0.1) is 0 Å². The van der Waals surface area contributed by atoms with E-state index in [0.29, 0.717) is 0 Å². The number of anilines is 1. The summed E-state index contributed by atoms with van der Waals surface area (Å²) in [5.74, 6) is -0.142. The van der Waals surface area contributed by atoms with E-state index in [2.05, 4.69) is 15.4 Å². The molecule has 2 rings (SSSR count). The van der Waals surface area contributed by atoms with Gasteiger partial charge in [-0.3, -0.25) is 4.68 Å². The first-order valence-corrected chi connectivity index (χ1v) is 5.57. The minimum Gasteiger partial charge on any atom is -0.382 e. The fraction of sp³-hybridized carbons (Fsp3) is 0.273. The van der Waals surface area contributed by atoms with E-state index in [1.54, 1.807) is 12.3 Å². The normalized spacial score (nSPS) is 10.2. The zero-order chi connectivity index (χ0) is 12.8. The van der Waals surface area contributed by atoms with Gasteiger partial charge in [-0.1, -0.05) is 0 Å². The molecule has 1 N–H and O–H groups in total. The predicted molar refractivity (Wildman–Crippen MR) is 66.2 cm³/mol. The molecule has 0 aliphatic carbocycles. The third kappa shape index (κ3) is 3.27. The minimum absolute atomic E-state index is 0.142. The lowest BCUT2D eigenvalue weighted by atomic mass is 10.3. The number of nitrogens with one attached hydrogen (secondary N) is 1. The molecule has 0 aliphatic rings. The highest BCUT2D eigenvalue weighted by Gasteiger charge is 2.05. The number of pyridine rings is 1. The first kappa shape index (κ1) is 12.0. The molecule has 2 aromatic rings. The van der Waals surface area contributed by atoms with Gasteiger partial charge in [0.25, 0.3) is 0 Å². The fourth-order valence-electron chi connectivity index (χ4n) is 1.51. The van der Waals surface area contributed by atoms with Crippen molar-refractivity contribution in [3.8, 4) is 0 Å². The maximum atomic E-state index is 10.4. The summed E-state index contributed by atoms with van der Waals surface area (Å²) in [6, 6.07) is 4.92. The summed E-state index contributed by atoms with van der Waals surface area (Å²) < 4.78 is 1.86. The Kier molecular flexibility index (Phi) is 3.85. The second-order valence-corrected chi connectivity index (χ2v) is 3.71. The SMILES string of the molecule is O=[N+]([O-])c1ccc(NCCCn2cccn2)cn1. The summed E-state index contributed by atoms with van der Waals surface area (Å²) in [5.41, 5.74) is 0.779. The third-order valence-electron chi connectivity index (χ3n) is 2.39. The number of aryl methyl sites for hydroxylation is 1. The molecular weight excluding hydrogens is 234 g/mol. The smallest absolute Gasteiger partial charge is 0.363 e. The summed E-state index contributed by atoms with van der Waals surface area (Å²) in [4.78, 5) is 13.6. The van der Waals surface area contributed by atoms with Crippen molar-refractivity contribution in [3.05, 3.63) is 46.9 Å². The van der Waals surface area contributed by atoms with Crippen LogP contribution < -0.4 is 5.32 Å². The van der Waals surface area contributed by atoms with Crippen molar-refractivity contribution in [1.82, 2.24) is 14.8 Å². The largest absolute Gasteiger partial charge is 0.382 e. The molecule has 0 saturated heterocycles. The lowest BCUT2D eigenvalue weighted by molar-refractivity contribution is -0.389. The van der Waals surface area contributed by atoms with Crippen molar-refractivity contribution >= 4 is 11.5 Å². The Bertz CT molecular complexity index is 495. The Morgan fingerprint density at radius 1 is 1.44 bits per heavy atom. The highest BCUT2D eigenvalue weighted by atomic mass is 16.6. The molecule has 0 atom stereocenters. The number of hydrogen-bond donors (Lipinski definition) is 1. The van der Waals surface area contributed by atoms with Crippen LogP contribution in [0.1, 0.15) is 6.42 Å². The van der Waals surface area contributed by atoms with Gasteiger partial charge in [0, 0.05) is 31.5 Å². The highest BCUT2D eigenvalue weighted by Crippen LogP contribution is 2.11. The van der Waals surface area contributed by atoms with Gasteiger partial charge < -0.3 is 15.4 Å². The van der Waals surface area contributed by atoms with Crippen LogP contribution in [0.15, 0.2) is 36.8 Å². The summed E-state index contributed by atoms with van der Waals surface area (Å²) in [7, 11) is 0. The number of nitro groups is 1. The van der Waals surface area contributed by atoms with Crippen molar-refractivity contribution < 1.29 is 4.92 Å².